The Morgan fingerprint density at radius 3 is 2.48 bits per heavy atom. The topological polar surface area (TPSA) is 97.0 Å². The number of rotatable bonds is 2. The summed E-state index contributed by atoms with van der Waals surface area (Å²) in [6.07, 6.45) is 1.26. The summed E-state index contributed by atoms with van der Waals surface area (Å²) in [6, 6.07) is 8.57. The van der Waals surface area contributed by atoms with Gasteiger partial charge in [-0.3, -0.25) is 9.59 Å². The summed E-state index contributed by atoms with van der Waals surface area (Å²) in [5.74, 6) is -0.726. The zero-order chi connectivity index (χ0) is 16.6. The Labute approximate surface area is 130 Å². The molecule has 1 heterocycles. The number of phenols is 2. The van der Waals surface area contributed by atoms with Crippen molar-refractivity contribution in [3.05, 3.63) is 52.9 Å². The lowest BCUT2D eigenvalue weighted by molar-refractivity contribution is -0.131. The molecule has 0 unspecified atom stereocenters. The highest BCUT2D eigenvalue weighted by atomic mass is 16.5. The molecular formula is C17H12O6. The Bertz CT molecular complexity index is 953. The molecule has 0 fully saturated rings. The smallest absolute Gasteiger partial charge is 0.308 e. The maximum absolute atomic E-state index is 12.6. The predicted octanol–water partition coefficient (Wildman–Crippen LogP) is 2.80. The van der Waals surface area contributed by atoms with E-state index < -0.39 is 11.4 Å². The average Bonchev–Trinajstić information content (AvgIpc) is 2.47. The van der Waals surface area contributed by atoms with Crippen LogP contribution >= 0.6 is 0 Å². The van der Waals surface area contributed by atoms with Crippen LogP contribution in [-0.4, -0.2) is 16.2 Å². The van der Waals surface area contributed by atoms with Gasteiger partial charge in [0.15, 0.2) is 0 Å². The van der Waals surface area contributed by atoms with Gasteiger partial charge in [0.05, 0.1) is 5.56 Å². The number of fused-ring (bicyclic) bond motifs is 1. The molecule has 3 rings (SSSR count). The monoisotopic (exact) mass is 312 g/mol. The molecule has 0 amide bonds. The van der Waals surface area contributed by atoms with Crippen molar-refractivity contribution in [1.82, 2.24) is 0 Å². The van der Waals surface area contributed by atoms with Gasteiger partial charge >= 0.3 is 5.97 Å². The van der Waals surface area contributed by atoms with Crippen molar-refractivity contribution in [2.75, 3.05) is 0 Å². The van der Waals surface area contributed by atoms with Crippen molar-refractivity contribution < 1.29 is 24.2 Å². The second-order valence-electron chi connectivity index (χ2n) is 4.93. The van der Waals surface area contributed by atoms with Gasteiger partial charge in [-0.15, -0.1) is 0 Å². The maximum atomic E-state index is 12.6. The van der Waals surface area contributed by atoms with Gasteiger partial charge < -0.3 is 19.4 Å². The van der Waals surface area contributed by atoms with E-state index in [1.54, 1.807) is 12.1 Å². The summed E-state index contributed by atoms with van der Waals surface area (Å²) in [5, 5.41) is 19.4. The molecule has 0 aliphatic carbocycles. The molecule has 0 spiro atoms. The van der Waals surface area contributed by atoms with E-state index in [-0.39, 0.29) is 33.8 Å². The second-order valence-corrected chi connectivity index (χ2v) is 4.93. The minimum absolute atomic E-state index is 0.00789. The number of phenolic OH excluding ortho intramolecular Hbond substituents is 2. The Morgan fingerprint density at radius 1 is 1.13 bits per heavy atom. The van der Waals surface area contributed by atoms with E-state index in [2.05, 4.69) is 0 Å². The molecule has 1 aromatic heterocycles. The molecule has 0 bridgehead atoms. The van der Waals surface area contributed by atoms with Gasteiger partial charge in [0.2, 0.25) is 5.43 Å². The molecule has 6 nitrogen and oxygen atoms in total. The first kappa shape index (κ1) is 14.6. The Balaban J connectivity index is 2.19. The number of esters is 1. The van der Waals surface area contributed by atoms with Crippen molar-refractivity contribution in [2.45, 2.75) is 6.92 Å². The molecule has 6 heteroatoms. The number of carbonyl (C=O) groups excluding carboxylic acids is 1. The van der Waals surface area contributed by atoms with E-state index in [1.165, 1.54) is 37.5 Å². The van der Waals surface area contributed by atoms with Crippen molar-refractivity contribution in [1.29, 1.82) is 0 Å². The number of ether oxygens (including phenoxy) is 1. The highest BCUT2D eigenvalue weighted by molar-refractivity contribution is 5.88. The largest absolute Gasteiger partial charge is 0.508 e. The summed E-state index contributed by atoms with van der Waals surface area (Å²) in [7, 11) is 0. The Hall–Kier alpha value is -3.28. The van der Waals surface area contributed by atoms with Crippen LogP contribution in [0.2, 0.25) is 0 Å². The molecule has 0 atom stereocenters. The van der Waals surface area contributed by atoms with Crippen molar-refractivity contribution in [2.24, 2.45) is 0 Å². The quantitative estimate of drug-likeness (QED) is 0.558. The van der Waals surface area contributed by atoms with E-state index in [0.29, 0.717) is 5.56 Å². The summed E-state index contributed by atoms with van der Waals surface area (Å²) < 4.78 is 10.3. The van der Waals surface area contributed by atoms with E-state index in [0.717, 1.165) is 0 Å². The van der Waals surface area contributed by atoms with Crippen LogP contribution < -0.4 is 10.2 Å². The SMILES string of the molecule is CC(=O)Oc1cc(O)c2c(=O)c(-c3ccc(O)cc3)coc2c1. The van der Waals surface area contributed by atoms with Crippen LogP contribution in [0.15, 0.2) is 51.9 Å². The minimum Gasteiger partial charge on any atom is -0.508 e. The van der Waals surface area contributed by atoms with Crippen LogP contribution in [0.3, 0.4) is 0 Å². The van der Waals surface area contributed by atoms with Crippen LogP contribution in [0, 0.1) is 0 Å². The normalized spacial score (nSPS) is 10.7. The number of benzene rings is 2. The molecule has 3 aromatic rings. The minimum atomic E-state index is -0.549. The first-order chi connectivity index (χ1) is 11.0. The lowest BCUT2D eigenvalue weighted by Crippen LogP contribution is -2.06. The number of carbonyl (C=O) groups is 1. The lowest BCUT2D eigenvalue weighted by Gasteiger charge is -2.07. The first-order valence-corrected chi connectivity index (χ1v) is 6.72. The van der Waals surface area contributed by atoms with E-state index in [1.807, 2.05) is 0 Å². The molecule has 116 valence electrons. The fourth-order valence-electron chi connectivity index (χ4n) is 2.27. The third-order valence-electron chi connectivity index (χ3n) is 3.27. The molecule has 0 radical (unpaired) electrons. The second kappa shape index (κ2) is 5.49. The molecule has 0 saturated carbocycles. The number of aromatic hydroxyl groups is 2. The van der Waals surface area contributed by atoms with E-state index >= 15 is 0 Å². The van der Waals surface area contributed by atoms with Crippen LogP contribution in [-0.2, 0) is 4.79 Å². The van der Waals surface area contributed by atoms with Crippen LogP contribution in [0.1, 0.15) is 6.92 Å². The fourth-order valence-corrected chi connectivity index (χ4v) is 2.27. The molecule has 23 heavy (non-hydrogen) atoms. The molecule has 2 aromatic carbocycles. The van der Waals surface area contributed by atoms with Gasteiger partial charge in [0, 0.05) is 19.1 Å². The van der Waals surface area contributed by atoms with Gasteiger partial charge in [0.25, 0.3) is 0 Å². The summed E-state index contributed by atoms with van der Waals surface area (Å²) in [4.78, 5) is 23.6. The third-order valence-corrected chi connectivity index (χ3v) is 3.27. The third kappa shape index (κ3) is 2.74. The van der Waals surface area contributed by atoms with Gasteiger partial charge in [-0.25, -0.2) is 0 Å². The van der Waals surface area contributed by atoms with Crippen LogP contribution in [0.25, 0.3) is 22.1 Å². The highest BCUT2D eigenvalue weighted by Crippen LogP contribution is 2.30. The zero-order valence-electron chi connectivity index (χ0n) is 12.1. The number of hydrogen-bond acceptors (Lipinski definition) is 6. The number of hydrogen-bond donors (Lipinski definition) is 2. The maximum Gasteiger partial charge on any atom is 0.308 e. The van der Waals surface area contributed by atoms with E-state index in [4.69, 9.17) is 9.15 Å². The lowest BCUT2D eigenvalue weighted by atomic mass is 10.0. The van der Waals surface area contributed by atoms with Gasteiger partial charge in [0.1, 0.15) is 34.5 Å². The first-order valence-electron chi connectivity index (χ1n) is 6.72. The predicted molar refractivity (Wildman–Crippen MR) is 82.6 cm³/mol. The zero-order valence-corrected chi connectivity index (χ0v) is 12.1. The standard InChI is InChI=1S/C17H12O6/c1-9(18)23-12-6-14(20)16-15(7-12)22-8-13(17(16)21)10-2-4-11(19)5-3-10/h2-8,19-20H,1H3. The van der Waals surface area contributed by atoms with Crippen molar-refractivity contribution >= 4 is 16.9 Å². The highest BCUT2D eigenvalue weighted by Gasteiger charge is 2.15. The molecule has 0 aliphatic rings. The average molecular weight is 312 g/mol. The van der Waals surface area contributed by atoms with Gasteiger partial charge in [-0.05, 0) is 17.7 Å². The van der Waals surface area contributed by atoms with E-state index in [9.17, 15) is 19.8 Å². The van der Waals surface area contributed by atoms with Gasteiger partial charge in [-0.2, -0.15) is 0 Å². The molecule has 2 N–H and O–H groups in total. The van der Waals surface area contributed by atoms with Gasteiger partial charge in [-0.1, -0.05) is 12.1 Å². The molecular weight excluding hydrogens is 300 g/mol. The van der Waals surface area contributed by atoms with Crippen LogP contribution in [0.4, 0.5) is 0 Å². The van der Waals surface area contributed by atoms with Crippen LogP contribution in [0.5, 0.6) is 17.2 Å². The Kier molecular flexibility index (Phi) is 3.50. The molecule has 0 saturated heterocycles. The van der Waals surface area contributed by atoms with Crippen molar-refractivity contribution in [3.8, 4) is 28.4 Å². The fraction of sp³-hybridized carbons (Fsp3) is 0.0588. The summed E-state index contributed by atoms with van der Waals surface area (Å²) in [6.45, 7) is 1.23. The summed E-state index contributed by atoms with van der Waals surface area (Å²) in [5.41, 5.74) is 0.465. The molecule has 0 aliphatic heterocycles. The Morgan fingerprint density at radius 2 is 1.83 bits per heavy atom. The summed E-state index contributed by atoms with van der Waals surface area (Å²) >= 11 is 0. The van der Waals surface area contributed by atoms with Crippen molar-refractivity contribution in [3.63, 3.8) is 0 Å².